The number of hydrogen-bond donors (Lipinski definition) is 2. The highest BCUT2D eigenvalue weighted by atomic mass is 15.3. The van der Waals surface area contributed by atoms with Gasteiger partial charge in [0.1, 0.15) is 0 Å². The van der Waals surface area contributed by atoms with Gasteiger partial charge in [-0.25, -0.2) is 0 Å². The van der Waals surface area contributed by atoms with Gasteiger partial charge >= 0.3 is 0 Å². The van der Waals surface area contributed by atoms with Gasteiger partial charge in [0.15, 0.2) is 0 Å². The quantitative estimate of drug-likeness (QED) is 0.622. The Balaban J connectivity index is 2.46. The number of nitrogens with two attached hydrogens (primary N) is 2. The molecular weight excluding hydrogens is 178 g/mol. The van der Waals surface area contributed by atoms with Gasteiger partial charge in [-0.3, -0.25) is 9.58 Å². The lowest BCUT2D eigenvalue weighted by atomic mass is 10.3. The third-order valence-corrected chi connectivity index (χ3v) is 2.05. The molecule has 4 N–H and O–H groups in total. The van der Waals surface area contributed by atoms with Crippen LogP contribution < -0.4 is 11.5 Å². The minimum absolute atomic E-state index is 0.660. The number of hydrogen-bond acceptors (Lipinski definition) is 4. The molecule has 0 aliphatic rings. The van der Waals surface area contributed by atoms with E-state index in [0.717, 1.165) is 25.3 Å². The normalized spacial score (nSPS) is 11.1. The monoisotopic (exact) mass is 197 g/mol. The lowest BCUT2D eigenvalue weighted by Gasteiger charge is -2.19. The van der Waals surface area contributed by atoms with E-state index in [-0.39, 0.29) is 0 Å². The van der Waals surface area contributed by atoms with Crippen molar-refractivity contribution in [2.24, 2.45) is 18.5 Å². The Morgan fingerprint density at radius 1 is 1.36 bits per heavy atom. The van der Waals surface area contributed by atoms with Crippen molar-refractivity contribution in [2.45, 2.75) is 6.54 Å². The summed E-state index contributed by atoms with van der Waals surface area (Å²) in [5.74, 6) is 0. The number of nitrogens with zero attached hydrogens (tertiary/aromatic N) is 3. The third kappa shape index (κ3) is 3.45. The van der Waals surface area contributed by atoms with Crippen molar-refractivity contribution in [3.05, 3.63) is 18.0 Å². The van der Waals surface area contributed by atoms with Gasteiger partial charge in [0.05, 0.1) is 5.69 Å². The summed E-state index contributed by atoms with van der Waals surface area (Å²) in [6.07, 6.45) is 1.94. The first-order valence-corrected chi connectivity index (χ1v) is 4.87. The highest BCUT2D eigenvalue weighted by Crippen LogP contribution is 1.99. The Labute approximate surface area is 84.7 Å². The second-order valence-corrected chi connectivity index (χ2v) is 3.33. The fourth-order valence-electron chi connectivity index (χ4n) is 1.41. The van der Waals surface area contributed by atoms with E-state index in [2.05, 4.69) is 10.00 Å². The molecule has 0 aliphatic carbocycles. The largest absolute Gasteiger partial charge is 0.329 e. The van der Waals surface area contributed by atoms with Crippen molar-refractivity contribution in [2.75, 3.05) is 26.2 Å². The molecule has 0 bridgehead atoms. The van der Waals surface area contributed by atoms with E-state index in [1.54, 1.807) is 4.68 Å². The zero-order valence-corrected chi connectivity index (χ0v) is 8.69. The van der Waals surface area contributed by atoms with Gasteiger partial charge in [0, 0.05) is 46.0 Å². The molecule has 1 heterocycles. The maximum Gasteiger partial charge on any atom is 0.0764 e. The van der Waals surface area contributed by atoms with Crippen molar-refractivity contribution >= 4 is 0 Å². The molecule has 0 saturated carbocycles. The van der Waals surface area contributed by atoms with E-state index in [4.69, 9.17) is 11.5 Å². The number of aryl methyl sites for hydroxylation is 1. The predicted molar refractivity (Wildman–Crippen MR) is 56.6 cm³/mol. The molecule has 5 heteroatoms. The van der Waals surface area contributed by atoms with Crippen LogP contribution in [0, 0.1) is 0 Å². The first-order valence-electron chi connectivity index (χ1n) is 4.87. The number of rotatable bonds is 6. The number of aromatic nitrogens is 2. The Morgan fingerprint density at radius 2 is 2.00 bits per heavy atom. The molecule has 5 nitrogen and oxygen atoms in total. The van der Waals surface area contributed by atoms with E-state index < -0.39 is 0 Å². The van der Waals surface area contributed by atoms with E-state index >= 15 is 0 Å². The van der Waals surface area contributed by atoms with E-state index in [0.29, 0.717) is 13.1 Å². The summed E-state index contributed by atoms with van der Waals surface area (Å²) in [7, 11) is 1.92. The minimum Gasteiger partial charge on any atom is -0.329 e. The summed E-state index contributed by atoms with van der Waals surface area (Å²) < 4.78 is 1.80. The molecule has 80 valence electrons. The molecule has 0 unspecified atom stereocenters. The zero-order chi connectivity index (χ0) is 10.4. The van der Waals surface area contributed by atoms with Crippen LogP contribution in [0.15, 0.2) is 12.3 Å². The summed E-state index contributed by atoms with van der Waals surface area (Å²) in [4.78, 5) is 2.21. The van der Waals surface area contributed by atoms with Crippen LogP contribution in [0.25, 0.3) is 0 Å². The highest BCUT2D eigenvalue weighted by molar-refractivity contribution is 4.98. The highest BCUT2D eigenvalue weighted by Gasteiger charge is 2.05. The van der Waals surface area contributed by atoms with Crippen molar-refractivity contribution in [3.63, 3.8) is 0 Å². The predicted octanol–water partition coefficient (Wildman–Crippen LogP) is -0.860. The lowest BCUT2D eigenvalue weighted by Crippen LogP contribution is -2.33. The molecule has 1 aromatic rings. The van der Waals surface area contributed by atoms with Gasteiger partial charge in [-0.15, -0.1) is 0 Å². The maximum absolute atomic E-state index is 5.51. The minimum atomic E-state index is 0.660. The van der Waals surface area contributed by atoms with Crippen LogP contribution in [0.3, 0.4) is 0 Å². The Bertz CT molecular complexity index is 251. The fourth-order valence-corrected chi connectivity index (χ4v) is 1.41. The lowest BCUT2D eigenvalue weighted by molar-refractivity contribution is 0.277. The Morgan fingerprint density at radius 3 is 2.43 bits per heavy atom. The van der Waals surface area contributed by atoms with Crippen LogP contribution >= 0.6 is 0 Å². The zero-order valence-electron chi connectivity index (χ0n) is 8.69. The Hall–Kier alpha value is -0.910. The van der Waals surface area contributed by atoms with Gasteiger partial charge < -0.3 is 11.5 Å². The molecule has 0 radical (unpaired) electrons. The molecule has 0 spiro atoms. The standard InChI is InChI=1S/C9H19N5/c1-13-5-2-9(12-13)8-14(6-3-10)7-4-11/h2,5H,3-4,6-8,10-11H2,1H3. The van der Waals surface area contributed by atoms with Crippen molar-refractivity contribution < 1.29 is 0 Å². The SMILES string of the molecule is Cn1ccc(CN(CCN)CCN)n1. The molecular formula is C9H19N5. The third-order valence-electron chi connectivity index (χ3n) is 2.05. The second-order valence-electron chi connectivity index (χ2n) is 3.33. The van der Waals surface area contributed by atoms with Gasteiger partial charge in [-0.05, 0) is 6.07 Å². The van der Waals surface area contributed by atoms with Crippen LogP contribution in [0.2, 0.25) is 0 Å². The van der Waals surface area contributed by atoms with Crippen LogP contribution in [0.1, 0.15) is 5.69 Å². The first-order chi connectivity index (χ1) is 6.76. The summed E-state index contributed by atoms with van der Waals surface area (Å²) >= 11 is 0. The first kappa shape index (κ1) is 11.2. The molecule has 0 atom stereocenters. The smallest absolute Gasteiger partial charge is 0.0764 e. The maximum atomic E-state index is 5.51. The summed E-state index contributed by atoms with van der Waals surface area (Å²) in [5.41, 5.74) is 12.1. The topological polar surface area (TPSA) is 73.1 Å². The van der Waals surface area contributed by atoms with Crippen molar-refractivity contribution in [1.29, 1.82) is 0 Å². The van der Waals surface area contributed by atoms with E-state index in [1.165, 1.54) is 0 Å². The fraction of sp³-hybridized carbons (Fsp3) is 0.667. The van der Waals surface area contributed by atoms with Gasteiger partial charge in [-0.1, -0.05) is 0 Å². The second kappa shape index (κ2) is 5.74. The Kier molecular flexibility index (Phi) is 4.58. The average molecular weight is 197 g/mol. The summed E-state index contributed by atoms with van der Waals surface area (Å²) in [6.45, 7) is 3.89. The van der Waals surface area contributed by atoms with Crippen molar-refractivity contribution in [3.8, 4) is 0 Å². The molecule has 1 rings (SSSR count). The molecule has 0 saturated heterocycles. The molecule has 1 aromatic heterocycles. The van der Waals surface area contributed by atoms with Crippen LogP contribution in [-0.4, -0.2) is 40.9 Å². The molecule has 0 amide bonds. The summed E-state index contributed by atoms with van der Waals surface area (Å²) in [6, 6.07) is 2.01. The van der Waals surface area contributed by atoms with Crippen molar-refractivity contribution in [1.82, 2.24) is 14.7 Å². The molecule has 0 aromatic carbocycles. The van der Waals surface area contributed by atoms with Crippen LogP contribution in [0.5, 0.6) is 0 Å². The van der Waals surface area contributed by atoms with Crippen LogP contribution in [0.4, 0.5) is 0 Å². The molecule has 0 fully saturated rings. The van der Waals surface area contributed by atoms with Crippen LogP contribution in [-0.2, 0) is 13.6 Å². The van der Waals surface area contributed by atoms with Gasteiger partial charge in [0.25, 0.3) is 0 Å². The molecule has 0 aliphatic heterocycles. The van der Waals surface area contributed by atoms with E-state index in [9.17, 15) is 0 Å². The average Bonchev–Trinajstić information content (AvgIpc) is 2.52. The van der Waals surface area contributed by atoms with Gasteiger partial charge in [0.2, 0.25) is 0 Å². The molecule has 14 heavy (non-hydrogen) atoms. The van der Waals surface area contributed by atoms with Gasteiger partial charge in [-0.2, -0.15) is 5.10 Å². The van der Waals surface area contributed by atoms with E-state index in [1.807, 2.05) is 19.3 Å². The summed E-state index contributed by atoms with van der Waals surface area (Å²) in [5, 5.41) is 4.31.